The Morgan fingerprint density at radius 3 is 2.64 bits per heavy atom. The van der Waals surface area contributed by atoms with Gasteiger partial charge in [-0.25, -0.2) is 0 Å². The molecule has 1 nitrogen and oxygen atoms in total. The lowest BCUT2D eigenvalue weighted by molar-refractivity contribution is 0.415. The molecule has 4 rings (SSSR count). The van der Waals surface area contributed by atoms with E-state index in [1.54, 1.807) is 7.11 Å². The highest BCUT2D eigenvalue weighted by Gasteiger charge is 2.22. The van der Waals surface area contributed by atoms with E-state index in [1.807, 2.05) is 6.07 Å². The van der Waals surface area contributed by atoms with Gasteiger partial charge in [-0.2, -0.15) is 0 Å². The topological polar surface area (TPSA) is 9.23 Å². The first-order valence-corrected chi connectivity index (χ1v) is 7.50. The van der Waals surface area contributed by atoms with Crippen molar-refractivity contribution in [1.82, 2.24) is 0 Å². The van der Waals surface area contributed by atoms with Crippen molar-refractivity contribution in [3.63, 3.8) is 0 Å². The highest BCUT2D eigenvalue weighted by atomic mass is 16.5. The van der Waals surface area contributed by atoms with Gasteiger partial charge in [0.25, 0.3) is 0 Å². The third-order valence-electron chi connectivity index (χ3n) is 4.29. The van der Waals surface area contributed by atoms with Crippen molar-refractivity contribution in [3.8, 4) is 17.6 Å². The predicted octanol–water partition coefficient (Wildman–Crippen LogP) is 4.54. The van der Waals surface area contributed by atoms with Crippen LogP contribution in [0.4, 0.5) is 0 Å². The lowest BCUT2D eigenvalue weighted by Gasteiger charge is -2.25. The van der Waals surface area contributed by atoms with Crippen molar-refractivity contribution < 1.29 is 4.74 Å². The Kier molecular flexibility index (Phi) is 3.09. The van der Waals surface area contributed by atoms with E-state index in [9.17, 15) is 0 Å². The van der Waals surface area contributed by atoms with Gasteiger partial charge < -0.3 is 4.74 Å². The van der Waals surface area contributed by atoms with Crippen molar-refractivity contribution in [3.05, 3.63) is 77.4 Å². The molecule has 0 aliphatic heterocycles. The van der Waals surface area contributed by atoms with Crippen LogP contribution in [0.25, 0.3) is 10.8 Å². The Hall–Kier alpha value is -2.72. The van der Waals surface area contributed by atoms with Crippen LogP contribution in [0.2, 0.25) is 0 Å². The third kappa shape index (κ3) is 2.23. The molecule has 3 aromatic rings. The summed E-state index contributed by atoms with van der Waals surface area (Å²) in [5.74, 6) is 8.01. The molecule has 1 aliphatic rings. The fourth-order valence-corrected chi connectivity index (χ4v) is 2.99. The largest absolute Gasteiger partial charge is 0.497 e. The molecule has 0 radical (unpaired) electrons. The molecule has 0 fully saturated rings. The molecular formula is C21H16O. The van der Waals surface area contributed by atoms with E-state index in [2.05, 4.69) is 66.4 Å². The van der Waals surface area contributed by atoms with Crippen molar-refractivity contribution in [2.75, 3.05) is 7.11 Å². The lowest BCUT2D eigenvalue weighted by atomic mass is 9.78. The van der Waals surface area contributed by atoms with Crippen molar-refractivity contribution >= 4 is 10.8 Å². The van der Waals surface area contributed by atoms with Gasteiger partial charge in [0.1, 0.15) is 5.75 Å². The number of rotatable bonds is 1. The molecule has 0 amide bonds. The molecule has 0 aromatic heterocycles. The van der Waals surface area contributed by atoms with Crippen molar-refractivity contribution in [2.45, 2.75) is 12.3 Å². The van der Waals surface area contributed by atoms with Gasteiger partial charge in [-0.15, -0.1) is 0 Å². The van der Waals surface area contributed by atoms with Gasteiger partial charge >= 0.3 is 0 Å². The lowest BCUT2D eigenvalue weighted by Crippen LogP contribution is -2.14. The van der Waals surface area contributed by atoms with Crippen LogP contribution in [0.3, 0.4) is 0 Å². The molecule has 1 heteroatoms. The summed E-state index contributed by atoms with van der Waals surface area (Å²) in [5.41, 5.74) is 3.90. The average molecular weight is 284 g/mol. The van der Waals surface area contributed by atoms with E-state index in [-0.39, 0.29) is 0 Å². The number of hydrogen-bond acceptors (Lipinski definition) is 1. The molecule has 0 heterocycles. The van der Waals surface area contributed by atoms with Crippen molar-refractivity contribution in [2.24, 2.45) is 0 Å². The number of ether oxygens (including phenoxy) is 1. The molecule has 22 heavy (non-hydrogen) atoms. The molecular weight excluding hydrogens is 268 g/mol. The van der Waals surface area contributed by atoms with Gasteiger partial charge in [0.2, 0.25) is 0 Å². The zero-order chi connectivity index (χ0) is 14.9. The zero-order valence-corrected chi connectivity index (χ0v) is 12.5. The minimum absolute atomic E-state index is 0.391. The molecule has 1 unspecified atom stereocenters. The van der Waals surface area contributed by atoms with Crippen LogP contribution in [-0.2, 0) is 6.42 Å². The Balaban J connectivity index is 1.62. The van der Waals surface area contributed by atoms with E-state index < -0.39 is 0 Å². The number of methoxy groups -OCH3 is 1. The third-order valence-corrected chi connectivity index (χ3v) is 4.29. The van der Waals surface area contributed by atoms with Gasteiger partial charge in [0.15, 0.2) is 0 Å². The van der Waals surface area contributed by atoms with Gasteiger partial charge in [-0.1, -0.05) is 48.2 Å². The maximum absolute atomic E-state index is 5.26. The summed E-state index contributed by atoms with van der Waals surface area (Å²) in [4.78, 5) is 0. The Morgan fingerprint density at radius 2 is 1.77 bits per heavy atom. The quantitative estimate of drug-likeness (QED) is 0.596. The van der Waals surface area contributed by atoms with E-state index >= 15 is 0 Å². The first kappa shape index (κ1) is 13.0. The van der Waals surface area contributed by atoms with Crippen LogP contribution < -0.4 is 4.74 Å². The summed E-state index contributed by atoms with van der Waals surface area (Å²) in [6.07, 6.45) is 1.08. The monoisotopic (exact) mass is 284 g/mol. The van der Waals surface area contributed by atoms with Gasteiger partial charge in [0.05, 0.1) is 7.11 Å². The molecule has 106 valence electrons. The summed E-state index contributed by atoms with van der Waals surface area (Å²) in [6, 6.07) is 21.0. The Bertz CT molecular complexity index is 912. The Morgan fingerprint density at radius 1 is 0.955 bits per heavy atom. The first-order valence-electron chi connectivity index (χ1n) is 7.50. The number of hydrogen-bond donors (Lipinski definition) is 0. The maximum atomic E-state index is 5.26. The maximum Gasteiger partial charge on any atom is 0.119 e. The van der Waals surface area contributed by atoms with E-state index in [1.165, 1.54) is 21.9 Å². The molecule has 0 bridgehead atoms. The summed E-state index contributed by atoms with van der Waals surface area (Å²) >= 11 is 0. The van der Waals surface area contributed by atoms with Crippen LogP contribution in [0.15, 0.2) is 60.7 Å². The average Bonchev–Trinajstić information content (AvgIpc) is 2.55. The van der Waals surface area contributed by atoms with Crippen LogP contribution in [0, 0.1) is 11.8 Å². The molecule has 0 saturated carbocycles. The number of benzene rings is 3. The zero-order valence-electron chi connectivity index (χ0n) is 12.5. The van der Waals surface area contributed by atoms with Gasteiger partial charge in [0, 0.05) is 11.5 Å². The standard InChI is InChI=1S/C21H16O/c1-22-20-11-10-16-12-15(6-8-17(16)14-20)7-9-19-13-18-4-2-3-5-21(18)19/h2-6,8,10-12,14,19H,13H2,1H3. The molecule has 0 spiro atoms. The summed E-state index contributed by atoms with van der Waals surface area (Å²) < 4.78 is 5.26. The second-order valence-corrected chi connectivity index (χ2v) is 5.65. The minimum Gasteiger partial charge on any atom is -0.497 e. The normalized spacial score (nSPS) is 15.4. The minimum atomic E-state index is 0.391. The molecule has 1 aliphatic carbocycles. The van der Waals surface area contributed by atoms with E-state index in [0.717, 1.165) is 17.7 Å². The highest BCUT2D eigenvalue weighted by Crippen LogP contribution is 2.34. The summed E-state index contributed by atoms with van der Waals surface area (Å²) in [5, 5.41) is 2.38. The second-order valence-electron chi connectivity index (χ2n) is 5.65. The summed E-state index contributed by atoms with van der Waals surface area (Å²) in [7, 11) is 1.69. The van der Waals surface area contributed by atoms with Crippen LogP contribution in [0.1, 0.15) is 22.6 Å². The molecule has 0 saturated heterocycles. The van der Waals surface area contributed by atoms with Crippen LogP contribution in [0.5, 0.6) is 5.75 Å². The highest BCUT2D eigenvalue weighted by molar-refractivity contribution is 5.85. The first-order chi connectivity index (χ1) is 10.8. The van der Waals surface area contributed by atoms with E-state index in [0.29, 0.717) is 5.92 Å². The fourth-order valence-electron chi connectivity index (χ4n) is 2.99. The smallest absolute Gasteiger partial charge is 0.119 e. The number of fused-ring (bicyclic) bond motifs is 2. The summed E-state index contributed by atoms with van der Waals surface area (Å²) in [6.45, 7) is 0. The van der Waals surface area contributed by atoms with Crippen molar-refractivity contribution in [1.29, 1.82) is 0 Å². The van der Waals surface area contributed by atoms with Gasteiger partial charge in [-0.3, -0.25) is 0 Å². The SMILES string of the molecule is COc1ccc2cc(C#CC3Cc4ccccc43)ccc2c1. The van der Waals surface area contributed by atoms with Crippen LogP contribution in [-0.4, -0.2) is 7.11 Å². The molecule has 0 N–H and O–H groups in total. The van der Waals surface area contributed by atoms with Crippen LogP contribution >= 0.6 is 0 Å². The molecule has 1 atom stereocenters. The fraction of sp³-hybridized carbons (Fsp3) is 0.143. The molecule has 3 aromatic carbocycles. The van der Waals surface area contributed by atoms with Gasteiger partial charge in [-0.05, 0) is 52.6 Å². The Labute approximate surface area is 130 Å². The predicted molar refractivity (Wildman–Crippen MR) is 90.3 cm³/mol. The second kappa shape index (κ2) is 5.24. The van der Waals surface area contributed by atoms with E-state index in [4.69, 9.17) is 4.74 Å².